The normalized spacial score (nSPS) is 22.5. The molecule has 2 atom stereocenters. The van der Waals surface area contributed by atoms with Gasteiger partial charge < -0.3 is 9.64 Å². The predicted molar refractivity (Wildman–Crippen MR) is 73.0 cm³/mol. The molecule has 5 nitrogen and oxygen atoms in total. The van der Waals surface area contributed by atoms with Crippen molar-refractivity contribution < 1.29 is 22.7 Å². The zero-order valence-corrected chi connectivity index (χ0v) is 12.2. The molecule has 0 aromatic carbocycles. The van der Waals surface area contributed by atoms with Crippen molar-refractivity contribution in [1.29, 1.82) is 0 Å². The number of hydrogen-bond donors (Lipinski definition) is 2. The van der Waals surface area contributed by atoms with Gasteiger partial charge in [0.2, 0.25) is 0 Å². The third kappa shape index (κ3) is 3.24. The first-order valence-corrected chi connectivity index (χ1v) is 6.59. The summed E-state index contributed by atoms with van der Waals surface area (Å²) in [7, 11) is 1.22. The van der Waals surface area contributed by atoms with Gasteiger partial charge in [0.1, 0.15) is 17.4 Å². The van der Waals surface area contributed by atoms with Gasteiger partial charge in [-0.3, -0.25) is 5.32 Å². The van der Waals surface area contributed by atoms with E-state index in [0.717, 1.165) is 12.1 Å². The van der Waals surface area contributed by atoms with Crippen molar-refractivity contribution in [2.45, 2.75) is 24.6 Å². The largest absolute Gasteiger partial charge is 0.467 e. The third-order valence-corrected chi connectivity index (χ3v) is 3.53. The Morgan fingerprint density at radius 1 is 1.52 bits per heavy atom. The third-order valence-electron chi connectivity index (χ3n) is 3.10. The Labute approximate surface area is 124 Å². The number of aryl methyl sites for hydroxylation is 1. The number of nitrogens with one attached hydrogen (secondary N) is 1. The minimum absolute atomic E-state index is 0.0303. The highest BCUT2D eigenvalue weighted by Crippen LogP contribution is 2.33. The second-order valence-corrected chi connectivity index (χ2v) is 5.07. The molecule has 1 saturated heterocycles. The molecule has 1 aromatic heterocycles. The zero-order chi connectivity index (χ0) is 15.8. The van der Waals surface area contributed by atoms with Gasteiger partial charge >= 0.3 is 12.1 Å². The van der Waals surface area contributed by atoms with E-state index in [2.05, 4.69) is 27.7 Å². The van der Waals surface area contributed by atoms with Crippen LogP contribution >= 0.6 is 12.6 Å². The SMILES string of the molecule is COC(=O)C1CNC(S)N1c1cc(C(F)(F)F)cc(C)n1. The first-order chi connectivity index (χ1) is 9.74. The fraction of sp³-hybridized carbons (Fsp3) is 0.500. The van der Waals surface area contributed by atoms with Crippen LogP contribution in [0.3, 0.4) is 0 Å². The van der Waals surface area contributed by atoms with Crippen molar-refractivity contribution in [3.05, 3.63) is 23.4 Å². The molecule has 1 aliphatic heterocycles. The predicted octanol–water partition coefficient (Wildman–Crippen LogP) is 1.57. The summed E-state index contributed by atoms with van der Waals surface area (Å²) in [6, 6.07) is 1.08. The van der Waals surface area contributed by atoms with Gasteiger partial charge in [-0.1, -0.05) is 0 Å². The van der Waals surface area contributed by atoms with Crippen LogP contribution in [0.2, 0.25) is 0 Å². The molecule has 0 saturated carbocycles. The molecule has 0 radical (unpaired) electrons. The number of thiol groups is 1. The van der Waals surface area contributed by atoms with Crippen LogP contribution in [0.15, 0.2) is 12.1 Å². The van der Waals surface area contributed by atoms with Crippen LogP contribution in [0.25, 0.3) is 0 Å². The van der Waals surface area contributed by atoms with Gasteiger partial charge in [-0.05, 0) is 19.1 Å². The number of hydrogen-bond acceptors (Lipinski definition) is 6. The monoisotopic (exact) mass is 321 g/mol. The number of carbonyl (C=O) groups excluding carboxylic acids is 1. The smallest absolute Gasteiger partial charge is 0.416 e. The maximum absolute atomic E-state index is 12.9. The van der Waals surface area contributed by atoms with Gasteiger partial charge in [0.25, 0.3) is 0 Å². The number of nitrogens with zero attached hydrogens (tertiary/aromatic N) is 2. The minimum atomic E-state index is -4.48. The molecular weight excluding hydrogens is 307 g/mol. The van der Waals surface area contributed by atoms with E-state index in [1.807, 2.05) is 0 Å². The first kappa shape index (κ1) is 15.9. The molecule has 0 aliphatic carbocycles. The van der Waals surface area contributed by atoms with Crippen LogP contribution in [-0.4, -0.2) is 36.1 Å². The molecule has 0 bridgehead atoms. The van der Waals surface area contributed by atoms with E-state index in [1.54, 1.807) is 0 Å². The highest BCUT2D eigenvalue weighted by atomic mass is 32.1. The number of methoxy groups -OCH3 is 1. The standard InChI is InChI=1S/C12H14F3N3O2S/c1-6-3-7(12(13,14)15)4-9(17-6)18-8(10(19)20-2)5-16-11(18)21/h3-4,8,11,16,21H,5H2,1-2H3. The minimum Gasteiger partial charge on any atom is -0.467 e. The maximum Gasteiger partial charge on any atom is 0.416 e. The lowest BCUT2D eigenvalue weighted by Crippen LogP contribution is -2.42. The molecule has 2 unspecified atom stereocenters. The van der Waals surface area contributed by atoms with Crippen LogP contribution in [0.5, 0.6) is 0 Å². The summed E-state index contributed by atoms with van der Waals surface area (Å²) in [5.41, 5.74) is -1.23. The highest BCUT2D eigenvalue weighted by Gasteiger charge is 2.39. The summed E-state index contributed by atoms with van der Waals surface area (Å²) in [6.45, 7) is 1.68. The Hall–Kier alpha value is -1.48. The molecular formula is C12H14F3N3O2S. The number of aromatic nitrogens is 1. The fourth-order valence-corrected chi connectivity index (χ4v) is 2.53. The molecule has 2 rings (SSSR count). The number of ether oxygens (including phenoxy) is 1. The summed E-state index contributed by atoms with van der Waals surface area (Å²) in [5.74, 6) is -0.529. The molecule has 1 N–H and O–H groups in total. The number of halogens is 3. The summed E-state index contributed by atoms with van der Waals surface area (Å²) in [6.07, 6.45) is -4.48. The Morgan fingerprint density at radius 3 is 2.76 bits per heavy atom. The van der Waals surface area contributed by atoms with Gasteiger partial charge in [0.05, 0.1) is 12.7 Å². The van der Waals surface area contributed by atoms with Crippen molar-refractivity contribution >= 4 is 24.4 Å². The fourth-order valence-electron chi connectivity index (χ4n) is 2.15. The summed E-state index contributed by atoms with van der Waals surface area (Å²) < 4.78 is 43.3. The first-order valence-electron chi connectivity index (χ1n) is 6.07. The van der Waals surface area contributed by atoms with Gasteiger partial charge in [-0.25, -0.2) is 9.78 Å². The van der Waals surface area contributed by atoms with Crippen molar-refractivity contribution in [2.75, 3.05) is 18.6 Å². The molecule has 116 valence electrons. The van der Waals surface area contributed by atoms with Crippen molar-refractivity contribution in [1.82, 2.24) is 10.3 Å². The number of alkyl halides is 3. The van der Waals surface area contributed by atoms with Crippen LogP contribution in [0.4, 0.5) is 19.0 Å². The van der Waals surface area contributed by atoms with E-state index < -0.39 is 29.2 Å². The van der Waals surface area contributed by atoms with Gasteiger partial charge in [-0.15, -0.1) is 12.6 Å². The quantitative estimate of drug-likeness (QED) is 0.640. The van der Waals surface area contributed by atoms with E-state index >= 15 is 0 Å². The van der Waals surface area contributed by atoms with Crippen molar-refractivity contribution in [3.8, 4) is 0 Å². The van der Waals surface area contributed by atoms with E-state index in [9.17, 15) is 18.0 Å². The number of anilines is 1. The van der Waals surface area contributed by atoms with Gasteiger partial charge in [0, 0.05) is 12.2 Å². The van der Waals surface area contributed by atoms with Crippen LogP contribution in [0.1, 0.15) is 11.3 Å². The van der Waals surface area contributed by atoms with E-state index in [4.69, 9.17) is 0 Å². The van der Waals surface area contributed by atoms with Crippen LogP contribution < -0.4 is 10.2 Å². The van der Waals surface area contributed by atoms with Crippen molar-refractivity contribution in [3.63, 3.8) is 0 Å². The molecule has 2 heterocycles. The lowest BCUT2D eigenvalue weighted by atomic mass is 10.2. The van der Waals surface area contributed by atoms with Gasteiger partial charge in [-0.2, -0.15) is 13.2 Å². The second kappa shape index (κ2) is 5.72. The maximum atomic E-state index is 12.9. The molecule has 9 heteroatoms. The average Bonchev–Trinajstić information content (AvgIpc) is 2.78. The topological polar surface area (TPSA) is 54.5 Å². The summed E-state index contributed by atoms with van der Waals surface area (Å²) in [4.78, 5) is 17.2. The molecule has 1 aliphatic rings. The molecule has 1 fully saturated rings. The van der Waals surface area contributed by atoms with E-state index in [-0.39, 0.29) is 18.1 Å². The zero-order valence-electron chi connectivity index (χ0n) is 11.3. The number of pyridine rings is 1. The molecule has 0 spiro atoms. The Balaban J connectivity index is 2.44. The Morgan fingerprint density at radius 2 is 2.19 bits per heavy atom. The Bertz CT molecular complexity index is 553. The lowest BCUT2D eigenvalue weighted by molar-refractivity contribution is -0.141. The number of carbonyl (C=O) groups is 1. The van der Waals surface area contributed by atoms with Crippen LogP contribution in [-0.2, 0) is 15.7 Å². The van der Waals surface area contributed by atoms with Gasteiger partial charge in [0.15, 0.2) is 0 Å². The molecule has 21 heavy (non-hydrogen) atoms. The number of rotatable bonds is 2. The molecule has 1 aromatic rings. The average molecular weight is 321 g/mol. The van der Waals surface area contributed by atoms with E-state index in [1.165, 1.54) is 18.9 Å². The van der Waals surface area contributed by atoms with E-state index in [0.29, 0.717) is 0 Å². The lowest BCUT2D eigenvalue weighted by Gasteiger charge is -2.27. The molecule has 0 amide bonds. The second-order valence-electron chi connectivity index (χ2n) is 4.58. The summed E-state index contributed by atoms with van der Waals surface area (Å²) in [5, 5.41) is 2.88. The summed E-state index contributed by atoms with van der Waals surface area (Å²) >= 11 is 4.22. The van der Waals surface area contributed by atoms with Crippen molar-refractivity contribution in [2.24, 2.45) is 0 Å². The highest BCUT2D eigenvalue weighted by molar-refractivity contribution is 7.81. The van der Waals surface area contributed by atoms with Crippen LogP contribution in [0, 0.1) is 6.92 Å². The Kier molecular flexibility index (Phi) is 4.33. The number of esters is 1.